The van der Waals surface area contributed by atoms with Crippen LogP contribution in [0, 0.1) is 0 Å². The van der Waals surface area contributed by atoms with Crippen LogP contribution in [0.2, 0.25) is 0 Å². The van der Waals surface area contributed by atoms with Gasteiger partial charge in [-0.15, -0.1) is 0 Å². The van der Waals surface area contributed by atoms with Crippen LogP contribution in [0.3, 0.4) is 0 Å². The van der Waals surface area contributed by atoms with E-state index in [0.717, 1.165) is 5.56 Å². The van der Waals surface area contributed by atoms with E-state index in [1.807, 2.05) is 12.1 Å². The Balaban J connectivity index is 2.52. The Labute approximate surface area is 100 Å². The average Bonchev–Trinajstić information content (AvgIpc) is 2.37. The van der Waals surface area contributed by atoms with Crippen LogP contribution in [-0.4, -0.2) is 19.0 Å². The number of nitrogens with one attached hydrogen (secondary N) is 1. The highest BCUT2D eigenvalue weighted by Gasteiger charge is 2.02. The smallest absolute Gasteiger partial charge is 0.305 e. The van der Waals surface area contributed by atoms with Crippen LogP contribution in [0.15, 0.2) is 36.9 Å². The van der Waals surface area contributed by atoms with Crippen LogP contribution in [0.5, 0.6) is 0 Å². The highest BCUT2D eigenvalue weighted by atomic mass is 16.5. The number of ether oxygens (including phenoxy) is 1. The van der Waals surface area contributed by atoms with E-state index in [1.165, 1.54) is 13.2 Å². The number of amides is 1. The Morgan fingerprint density at radius 1 is 1.35 bits per heavy atom. The molecule has 0 radical (unpaired) electrons. The minimum Gasteiger partial charge on any atom is -0.469 e. The van der Waals surface area contributed by atoms with Crippen molar-refractivity contribution in [2.24, 2.45) is 0 Å². The second kappa shape index (κ2) is 6.48. The second-order valence-corrected chi connectivity index (χ2v) is 3.47. The predicted molar refractivity (Wildman–Crippen MR) is 65.6 cm³/mol. The molecular weight excluding hydrogens is 218 g/mol. The molecule has 0 aliphatic rings. The highest BCUT2D eigenvalue weighted by molar-refractivity contribution is 5.98. The van der Waals surface area contributed by atoms with Gasteiger partial charge >= 0.3 is 5.97 Å². The number of carbonyl (C=O) groups excluding carboxylic acids is 2. The summed E-state index contributed by atoms with van der Waals surface area (Å²) in [6.07, 6.45) is 2.20. The van der Waals surface area contributed by atoms with Gasteiger partial charge in [-0.25, -0.2) is 0 Å². The van der Waals surface area contributed by atoms with Gasteiger partial charge in [0.1, 0.15) is 0 Å². The van der Waals surface area contributed by atoms with E-state index in [9.17, 15) is 9.59 Å². The van der Waals surface area contributed by atoms with Gasteiger partial charge in [-0.1, -0.05) is 18.7 Å². The molecule has 0 saturated heterocycles. The van der Waals surface area contributed by atoms with Gasteiger partial charge < -0.3 is 10.1 Å². The number of carbonyl (C=O) groups is 2. The Kier molecular flexibility index (Phi) is 4.94. The van der Waals surface area contributed by atoms with Gasteiger partial charge in [-0.2, -0.15) is 0 Å². The van der Waals surface area contributed by atoms with Gasteiger partial charge in [0, 0.05) is 12.1 Å². The first-order chi connectivity index (χ1) is 8.15. The van der Waals surface area contributed by atoms with Crippen molar-refractivity contribution in [1.29, 1.82) is 0 Å². The van der Waals surface area contributed by atoms with Crippen LogP contribution in [0.1, 0.15) is 12.0 Å². The van der Waals surface area contributed by atoms with Crippen molar-refractivity contribution >= 4 is 17.6 Å². The topological polar surface area (TPSA) is 55.4 Å². The molecule has 4 nitrogen and oxygen atoms in total. The summed E-state index contributed by atoms with van der Waals surface area (Å²) >= 11 is 0. The summed E-state index contributed by atoms with van der Waals surface area (Å²) in [6, 6.07) is 7.30. The fourth-order valence-electron chi connectivity index (χ4n) is 1.30. The standard InChI is InChI=1S/C13H15NO3/c1-3-12(15)14-11-7-4-10(5-8-11)6-9-13(16)17-2/h3-5,7-8H,1,6,9H2,2H3,(H,14,15). The first-order valence-corrected chi connectivity index (χ1v) is 5.25. The number of benzene rings is 1. The Morgan fingerprint density at radius 2 is 2.00 bits per heavy atom. The average molecular weight is 233 g/mol. The molecule has 0 aromatic heterocycles. The number of aryl methyl sites for hydroxylation is 1. The molecule has 0 fully saturated rings. The second-order valence-electron chi connectivity index (χ2n) is 3.47. The summed E-state index contributed by atoms with van der Waals surface area (Å²) in [4.78, 5) is 22.0. The lowest BCUT2D eigenvalue weighted by molar-refractivity contribution is -0.140. The third kappa shape index (κ3) is 4.51. The summed E-state index contributed by atoms with van der Waals surface area (Å²) < 4.78 is 4.56. The summed E-state index contributed by atoms with van der Waals surface area (Å²) in [5.74, 6) is -0.471. The Bertz CT molecular complexity index is 409. The maximum atomic E-state index is 11.0. The van der Waals surface area contributed by atoms with E-state index >= 15 is 0 Å². The van der Waals surface area contributed by atoms with Crippen LogP contribution >= 0.6 is 0 Å². The quantitative estimate of drug-likeness (QED) is 0.624. The molecule has 1 rings (SSSR count). The van der Waals surface area contributed by atoms with E-state index in [4.69, 9.17) is 0 Å². The lowest BCUT2D eigenvalue weighted by Crippen LogP contribution is -2.07. The SMILES string of the molecule is C=CC(=O)Nc1ccc(CCC(=O)OC)cc1. The molecule has 1 aromatic rings. The van der Waals surface area contributed by atoms with Gasteiger partial charge in [-0.05, 0) is 30.2 Å². The van der Waals surface area contributed by atoms with Crippen molar-refractivity contribution in [2.75, 3.05) is 12.4 Å². The molecule has 0 heterocycles. The van der Waals surface area contributed by atoms with Gasteiger partial charge in [0.15, 0.2) is 0 Å². The number of hydrogen-bond donors (Lipinski definition) is 1. The van der Waals surface area contributed by atoms with Gasteiger partial charge in [-0.3, -0.25) is 9.59 Å². The maximum absolute atomic E-state index is 11.0. The van der Waals surface area contributed by atoms with Crippen LogP contribution in [0.4, 0.5) is 5.69 Å². The van der Waals surface area contributed by atoms with E-state index in [-0.39, 0.29) is 11.9 Å². The van der Waals surface area contributed by atoms with Gasteiger partial charge in [0.05, 0.1) is 7.11 Å². The first-order valence-electron chi connectivity index (χ1n) is 5.25. The molecule has 0 aliphatic carbocycles. The molecule has 1 N–H and O–H groups in total. The largest absolute Gasteiger partial charge is 0.469 e. The number of anilines is 1. The fraction of sp³-hybridized carbons (Fsp3) is 0.231. The fourth-order valence-corrected chi connectivity index (χ4v) is 1.30. The third-order valence-electron chi connectivity index (χ3n) is 2.25. The van der Waals surface area contributed by atoms with E-state index in [1.54, 1.807) is 12.1 Å². The van der Waals surface area contributed by atoms with Crippen molar-refractivity contribution in [2.45, 2.75) is 12.8 Å². The van der Waals surface area contributed by atoms with Crippen LogP contribution < -0.4 is 5.32 Å². The normalized spacial score (nSPS) is 9.47. The first kappa shape index (κ1) is 13.0. The lowest BCUT2D eigenvalue weighted by atomic mass is 10.1. The zero-order valence-corrected chi connectivity index (χ0v) is 9.73. The molecule has 0 saturated carbocycles. The number of rotatable bonds is 5. The minimum atomic E-state index is -0.243. The van der Waals surface area contributed by atoms with E-state index in [2.05, 4.69) is 16.6 Å². The molecule has 1 aromatic carbocycles. The van der Waals surface area contributed by atoms with Crippen LogP contribution in [-0.2, 0) is 20.7 Å². The lowest BCUT2D eigenvalue weighted by Gasteiger charge is -2.04. The van der Waals surface area contributed by atoms with Crippen LogP contribution in [0.25, 0.3) is 0 Å². The molecule has 1 amide bonds. The molecule has 17 heavy (non-hydrogen) atoms. The third-order valence-corrected chi connectivity index (χ3v) is 2.25. The molecule has 0 bridgehead atoms. The van der Waals surface area contributed by atoms with Crippen molar-refractivity contribution < 1.29 is 14.3 Å². The molecule has 0 unspecified atom stereocenters. The molecule has 0 atom stereocenters. The van der Waals surface area contributed by atoms with Crippen molar-refractivity contribution in [3.8, 4) is 0 Å². The van der Waals surface area contributed by atoms with Crippen molar-refractivity contribution in [3.05, 3.63) is 42.5 Å². The summed E-state index contributed by atoms with van der Waals surface area (Å²) in [6.45, 7) is 3.37. The van der Waals surface area contributed by atoms with E-state index in [0.29, 0.717) is 18.5 Å². The molecule has 90 valence electrons. The zero-order chi connectivity index (χ0) is 12.7. The number of hydrogen-bond acceptors (Lipinski definition) is 3. The molecule has 0 spiro atoms. The van der Waals surface area contributed by atoms with Gasteiger partial charge in [0.25, 0.3) is 0 Å². The maximum Gasteiger partial charge on any atom is 0.305 e. The predicted octanol–water partition coefficient (Wildman–Crippen LogP) is 1.92. The molecule has 4 heteroatoms. The highest BCUT2D eigenvalue weighted by Crippen LogP contribution is 2.11. The van der Waals surface area contributed by atoms with E-state index < -0.39 is 0 Å². The Hall–Kier alpha value is -2.10. The van der Waals surface area contributed by atoms with Crippen molar-refractivity contribution in [3.63, 3.8) is 0 Å². The molecule has 0 aliphatic heterocycles. The molecular formula is C13H15NO3. The minimum absolute atomic E-state index is 0.228. The number of methoxy groups -OCH3 is 1. The summed E-state index contributed by atoms with van der Waals surface area (Å²) in [7, 11) is 1.37. The summed E-state index contributed by atoms with van der Waals surface area (Å²) in [5.41, 5.74) is 1.73. The van der Waals surface area contributed by atoms with Gasteiger partial charge in [0.2, 0.25) is 5.91 Å². The zero-order valence-electron chi connectivity index (χ0n) is 9.73. The number of esters is 1. The summed E-state index contributed by atoms with van der Waals surface area (Å²) in [5, 5.41) is 2.65. The van der Waals surface area contributed by atoms with Crippen molar-refractivity contribution in [1.82, 2.24) is 0 Å². The monoisotopic (exact) mass is 233 g/mol. The Morgan fingerprint density at radius 3 is 2.53 bits per heavy atom.